The summed E-state index contributed by atoms with van der Waals surface area (Å²) in [5.74, 6) is 0.483. The highest BCUT2D eigenvalue weighted by Crippen LogP contribution is 1.86. The van der Waals surface area contributed by atoms with E-state index in [2.05, 4.69) is 15.8 Å². The second-order valence-corrected chi connectivity index (χ2v) is 1.46. The summed E-state index contributed by atoms with van der Waals surface area (Å²) < 4.78 is 12.1. The maximum Gasteiger partial charge on any atom is 0.140 e. The van der Waals surface area contributed by atoms with Crippen LogP contribution in [0.15, 0.2) is 17.3 Å². The first-order valence-corrected chi connectivity index (χ1v) is 2.45. The molecule has 0 bridgehead atoms. The van der Waals surface area contributed by atoms with E-state index in [1.54, 1.807) is 13.1 Å². The van der Waals surface area contributed by atoms with Crippen LogP contribution in [0.25, 0.3) is 0 Å². The van der Waals surface area contributed by atoms with Gasteiger partial charge in [-0.25, -0.2) is 0 Å². The molecule has 9 heavy (non-hydrogen) atoms. The van der Waals surface area contributed by atoms with E-state index in [0.29, 0.717) is 5.84 Å². The number of aliphatic imine (C=N–C) groups is 1. The number of nitrogens with one attached hydrogen (secondary N) is 2. The van der Waals surface area contributed by atoms with Crippen LogP contribution >= 0.6 is 0 Å². The predicted octanol–water partition coefficient (Wildman–Crippen LogP) is -0.262. The first-order chi connectivity index (χ1) is 4.33. The molecule has 0 aromatic heterocycles. The SMILES string of the molecule is CN=C1C=CNN(F)N1. The van der Waals surface area contributed by atoms with E-state index < -0.39 is 0 Å². The second kappa shape index (κ2) is 2.45. The fourth-order valence-electron chi connectivity index (χ4n) is 0.476. The summed E-state index contributed by atoms with van der Waals surface area (Å²) in [6, 6.07) is 0. The Morgan fingerprint density at radius 1 is 1.78 bits per heavy atom. The Balaban J connectivity index is 2.60. The molecule has 5 heteroatoms. The minimum absolute atomic E-state index is 0.225. The number of nitrogens with zero attached hydrogens (tertiary/aromatic N) is 2. The van der Waals surface area contributed by atoms with Crippen molar-refractivity contribution in [2.45, 2.75) is 0 Å². The highest BCUT2D eigenvalue weighted by atomic mass is 19.2. The van der Waals surface area contributed by atoms with Gasteiger partial charge in [0.15, 0.2) is 0 Å². The predicted molar refractivity (Wildman–Crippen MR) is 31.7 cm³/mol. The summed E-state index contributed by atoms with van der Waals surface area (Å²) in [6.07, 6.45) is 3.06. The minimum Gasteiger partial charge on any atom is -0.280 e. The monoisotopic (exact) mass is 130 g/mol. The van der Waals surface area contributed by atoms with E-state index in [-0.39, 0.29) is 5.34 Å². The van der Waals surface area contributed by atoms with Gasteiger partial charge in [-0.05, 0) is 6.08 Å². The Bertz CT molecular complexity index is 153. The van der Waals surface area contributed by atoms with Crippen molar-refractivity contribution in [1.29, 1.82) is 0 Å². The molecule has 1 heterocycles. The molecule has 0 saturated heterocycles. The van der Waals surface area contributed by atoms with Gasteiger partial charge >= 0.3 is 0 Å². The number of hydrazine groups is 2. The number of rotatable bonds is 0. The topological polar surface area (TPSA) is 39.7 Å². The van der Waals surface area contributed by atoms with Crippen molar-refractivity contribution in [3.05, 3.63) is 12.3 Å². The van der Waals surface area contributed by atoms with Crippen LogP contribution < -0.4 is 10.9 Å². The highest BCUT2D eigenvalue weighted by Gasteiger charge is 2.04. The zero-order chi connectivity index (χ0) is 6.69. The van der Waals surface area contributed by atoms with Gasteiger partial charge < -0.3 is 0 Å². The van der Waals surface area contributed by atoms with Crippen LogP contribution in [0.2, 0.25) is 0 Å². The van der Waals surface area contributed by atoms with Crippen molar-refractivity contribution in [2.24, 2.45) is 4.99 Å². The van der Waals surface area contributed by atoms with Crippen LogP contribution in [0.1, 0.15) is 0 Å². The molecule has 0 amide bonds. The van der Waals surface area contributed by atoms with Gasteiger partial charge in [0.1, 0.15) is 5.84 Å². The molecular weight excluding hydrogens is 123 g/mol. The molecule has 0 spiro atoms. The molecule has 0 unspecified atom stereocenters. The Morgan fingerprint density at radius 3 is 3.00 bits per heavy atom. The number of hydrogen-bond acceptors (Lipinski definition) is 3. The molecule has 0 fully saturated rings. The number of amidine groups is 1. The smallest absolute Gasteiger partial charge is 0.140 e. The van der Waals surface area contributed by atoms with Crippen molar-refractivity contribution in [3.63, 3.8) is 0 Å². The fourth-order valence-corrected chi connectivity index (χ4v) is 0.476. The van der Waals surface area contributed by atoms with E-state index in [0.717, 1.165) is 0 Å². The van der Waals surface area contributed by atoms with Crippen molar-refractivity contribution in [2.75, 3.05) is 7.05 Å². The maximum absolute atomic E-state index is 12.1. The first-order valence-electron chi connectivity index (χ1n) is 2.45. The van der Waals surface area contributed by atoms with Gasteiger partial charge in [0.05, 0.1) is 0 Å². The maximum atomic E-state index is 12.1. The van der Waals surface area contributed by atoms with E-state index >= 15 is 0 Å². The Hall–Kier alpha value is -1.10. The third kappa shape index (κ3) is 1.39. The van der Waals surface area contributed by atoms with Crippen molar-refractivity contribution in [1.82, 2.24) is 16.2 Å². The second-order valence-electron chi connectivity index (χ2n) is 1.46. The quantitative estimate of drug-likeness (QED) is 0.444. The van der Waals surface area contributed by atoms with Crippen molar-refractivity contribution >= 4 is 5.84 Å². The molecule has 1 aliphatic rings. The third-order valence-corrected chi connectivity index (χ3v) is 0.883. The Labute approximate surface area is 51.9 Å². The summed E-state index contributed by atoms with van der Waals surface area (Å²) in [5.41, 5.74) is 4.53. The molecule has 0 aromatic carbocycles. The lowest BCUT2D eigenvalue weighted by atomic mass is 10.5. The lowest BCUT2D eigenvalue weighted by molar-refractivity contribution is -0.0485. The number of hydrogen-bond donors (Lipinski definition) is 2. The van der Waals surface area contributed by atoms with Gasteiger partial charge in [-0.1, -0.05) is 4.48 Å². The van der Waals surface area contributed by atoms with Gasteiger partial charge in [0, 0.05) is 18.6 Å². The summed E-state index contributed by atoms with van der Waals surface area (Å²) in [4.78, 5) is 3.70. The lowest BCUT2D eigenvalue weighted by Gasteiger charge is -2.16. The summed E-state index contributed by atoms with van der Waals surface area (Å²) in [5, 5.41) is 0.225. The molecule has 50 valence electrons. The molecular formula is C4H7FN4. The molecule has 0 aliphatic carbocycles. The zero-order valence-electron chi connectivity index (χ0n) is 4.93. The first kappa shape index (κ1) is 6.03. The summed E-state index contributed by atoms with van der Waals surface area (Å²) in [7, 11) is 1.58. The van der Waals surface area contributed by atoms with Gasteiger partial charge in [0.25, 0.3) is 0 Å². The number of halogens is 1. The van der Waals surface area contributed by atoms with E-state index in [4.69, 9.17) is 0 Å². The zero-order valence-corrected chi connectivity index (χ0v) is 4.93. The largest absolute Gasteiger partial charge is 0.280 e. The lowest BCUT2D eigenvalue weighted by Crippen LogP contribution is -2.45. The molecule has 0 aromatic rings. The average Bonchev–Trinajstić information content (AvgIpc) is 1.88. The standard InChI is InChI=1S/C4H7FN4/c1-6-4-2-3-7-9(5)8-4/h2-3,7H,1H3,(H,6,8). The summed E-state index contributed by atoms with van der Waals surface area (Å²) in [6.45, 7) is 0. The van der Waals surface area contributed by atoms with Gasteiger partial charge in [-0.2, -0.15) is 0 Å². The fraction of sp³-hybridized carbons (Fsp3) is 0.250. The van der Waals surface area contributed by atoms with Gasteiger partial charge in [-0.15, -0.1) is 0 Å². The normalized spacial score (nSPS) is 23.6. The molecule has 1 aliphatic heterocycles. The van der Waals surface area contributed by atoms with Crippen LogP contribution in [0.5, 0.6) is 0 Å². The van der Waals surface area contributed by atoms with Crippen LogP contribution in [0.3, 0.4) is 0 Å². The van der Waals surface area contributed by atoms with E-state index in [1.165, 1.54) is 6.20 Å². The van der Waals surface area contributed by atoms with Crippen molar-refractivity contribution < 1.29 is 4.48 Å². The van der Waals surface area contributed by atoms with Crippen LogP contribution in [-0.2, 0) is 0 Å². The van der Waals surface area contributed by atoms with Gasteiger partial charge in [0.2, 0.25) is 0 Å². The molecule has 0 saturated carbocycles. The molecule has 1 rings (SSSR count). The van der Waals surface area contributed by atoms with Crippen LogP contribution in [0, 0.1) is 0 Å². The third-order valence-electron chi connectivity index (χ3n) is 0.883. The van der Waals surface area contributed by atoms with E-state index in [9.17, 15) is 4.48 Å². The molecule has 2 N–H and O–H groups in total. The molecule has 0 atom stereocenters. The molecule has 0 radical (unpaired) electrons. The Morgan fingerprint density at radius 2 is 2.56 bits per heavy atom. The Kier molecular flexibility index (Phi) is 1.64. The highest BCUT2D eigenvalue weighted by molar-refractivity contribution is 5.92. The average molecular weight is 130 g/mol. The summed E-state index contributed by atoms with van der Waals surface area (Å²) >= 11 is 0. The van der Waals surface area contributed by atoms with Crippen molar-refractivity contribution in [3.8, 4) is 0 Å². The van der Waals surface area contributed by atoms with Crippen LogP contribution in [-0.4, -0.2) is 18.2 Å². The van der Waals surface area contributed by atoms with E-state index in [1.807, 2.05) is 0 Å². The minimum atomic E-state index is 0.225. The van der Waals surface area contributed by atoms with Crippen LogP contribution in [0.4, 0.5) is 4.48 Å². The molecule has 4 nitrogen and oxygen atoms in total. The van der Waals surface area contributed by atoms with Gasteiger partial charge in [-0.3, -0.25) is 15.8 Å².